The molecular weight excluding hydrogens is 350 g/mol. The first kappa shape index (κ1) is 18.2. The Morgan fingerprint density at radius 3 is 2.62 bits per heavy atom. The van der Waals surface area contributed by atoms with Crippen LogP contribution < -0.4 is 4.72 Å². The molecule has 3 rings (SSSR count). The lowest BCUT2D eigenvalue weighted by molar-refractivity contribution is 0.598. The van der Waals surface area contributed by atoms with E-state index in [1.807, 2.05) is 44.3 Å². The molecule has 0 unspecified atom stereocenters. The molecule has 1 aromatic carbocycles. The average Bonchev–Trinajstić information content (AvgIpc) is 3.21. The Bertz CT molecular complexity index is 991. The Kier molecular flexibility index (Phi) is 5.13. The van der Waals surface area contributed by atoms with Gasteiger partial charge in [0.1, 0.15) is 4.90 Å². The van der Waals surface area contributed by atoms with Gasteiger partial charge < -0.3 is 0 Å². The molecule has 0 spiro atoms. The molecule has 0 fully saturated rings. The zero-order valence-corrected chi connectivity index (χ0v) is 16.0. The van der Waals surface area contributed by atoms with Gasteiger partial charge in [0.2, 0.25) is 0 Å². The second-order valence-electron chi connectivity index (χ2n) is 6.06. The van der Waals surface area contributed by atoms with Crippen LogP contribution in [0.3, 0.4) is 0 Å². The van der Waals surface area contributed by atoms with Gasteiger partial charge in [0.15, 0.2) is 0 Å². The van der Waals surface area contributed by atoms with Crippen LogP contribution in [0.2, 0.25) is 0 Å². The zero-order chi connectivity index (χ0) is 18.7. The molecule has 138 valence electrons. The van der Waals surface area contributed by atoms with Crippen molar-refractivity contribution in [3.63, 3.8) is 0 Å². The van der Waals surface area contributed by atoms with E-state index in [1.165, 1.54) is 0 Å². The van der Waals surface area contributed by atoms with Gasteiger partial charge in [-0.05, 0) is 36.6 Å². The third kappa shape index (κ3) is 3.65. The molecule has 2 aromatic heterocycles. The molecule has 0 amide bonds. The lowest BCUT2D eigenvalue weighted by Gasteiger charge is -2.11. The quantitative estimate of drug-likeness (QED) is 0.690. The summed E-state index contributed by atoms with van der Waals surface area (Å²) < 4.78 is 32.2. The summed E-state index contributed by atoms with van der Waals surface area (Å²) in [4.78, 5) is 0.294. The molecule has 8 heteroatoms. The van der Waals surface area contributed by atoms with Crippen molar-refractivity contribution in [2.24, 2.45) is 7.05 Å². The van der Waals surface area contributed by atoms with Gasteiger partial charge in [-0.2, -0.15) is 10.2 Å². The summed E-state index contributed by atoms with van der Waals surface area (Å²) >= 11 is 0. The van der Waals surface area contributed by atoms with Gasteiger partial charge in [0, 0.05) is 25.1 Å². The summed E-state index contributed by atoms with van der Waals surface area (Å²) in [6, 6.07) is 9.21. The number of benzene rings is 1. The van der Waals surface area contributed by atoms with Gasteiger partial charge in [-0.15, -0.1) is 0 Å². The van der Waals surface area contributed by atoms with Crippen molar-refractivity contribution in [1.29, 1.82) is 0 Å². The Labute approximate surface area is 153 Å². The second kappa shape index (κ2) is 7.33. The molecule has 3 aromatic rings. The largest absolute Gasteiger partial charge is 0.280 e. The molecule has 2 heterocycles. The van der Waals surface area contributed by atoms with Crippen molar-refractivity contribution >= 4 is 15.7 Å². The predicted octanol–water partition coefficient (Wildman–Crippen LogP) is 2.59. The van der Waals surface area contributed by atoms with E-state index in [9.17, 15) is 8.42 Å². The minimum absolute atomic E-state index is 0.294. The Balaban J connectivity index is 1.91. The average molecular weight is 373 g/mol. The molecule has 0 radical (unpaired) electrons. The monoisotopic (exact) mass is 373 g/mol. The highest BCUT2D eigenvalue weighted by atomic mass is 32.2. The minimum atomic E-state index is -3.71. The number of aryl methyl sites for hydroxylation is 2. The molecule has 0 aliphatic carbocycles. The van der Waals surface area contributed by atoms with E-state index in [0.29, 0.717) is 41.4 Å². The Morgan fingerprint density at radius 1 is 1.15 bits per heavy atom. The third-order valence-electron chi connectivity index (χ3n) is 4.21. The highest BCUT2D eigenvalue weighted by Gasteiger charge is 2.26. The van der Waals surface area contributed by atoms with E-state index < -0.39 is 10.0 Å². The van der Waals surface area contributed by atoms with Gasteiger partial charge >= 0.3 is 0 Å². The van der Waals surface area contributed by atoms with Gasteiger partial charge in [-0.1, -0.05) is 26.0 Å². The van der Waals surface area contributed by atoms with Crippen LogP contribution in [0.25, 0.3) is 0 Å². The van der Waals surface area contributed by atoms with Crippen LogP contribution in [0.1, 0.15) is 30.8 Å². The summed E-state index contributed by atoms with van der Waals surface area (Å²) in [6.07, 6.45) is 4.74. The summed E-state index contributed by atoms with van der Waals surface area (Å²) in [6.45, 7) is 4.42. The molecule has 0 atom stereocenters. The first-order valence-electron chi connectivity index (χ1n) is 8.58. The van der Waals surface area contributed by atoms with E-state index in [2.05, 4.69) is 14.9 Å². The Hall–Kier alpha value is -2.61. The predicted molar refractivity (Wildman–Crippen MR) is 101 cm³/mol. The SMILES string of the molecule is CCc1nn(C)c(CC)c1S(=O)(=O)Nc1cccc(Cn2cccn2)c1. The van der Waals surface area contributed by atoms with E-state index >= 15 is 0 Å². The zero-order valence-electron chi connectivity index (χ0n) is 15.2. The van der Waals surface area contributed by atoms with Gasteiger partial charge in [0.25, 0.3) is 10.0 Å². The van der Waals surface area contributed by atoms with E-state index in [0.717, 1.165) is 5.56 Å². The topological polar surface area (TPSA) is 81.8 Å². The van der Waals surface area contributed by atoms with Crippen LogP contribution in [0.15, 0.2) is 47.6 Å². The third-order valence-corrected chi connectivity index (χ3v) is 5.72. The maximum absolute atomic E-state index is 13.0. The van der Waals surface area contributed by atoms with Crippen LogP contribution in [0, 0.1) is 0 Å². The van der Waals surface area contributed by atoms with Crippen LogP contribution in [-0.4, -0.2) is 28.0 Å². The number of anilines is 1. The number of nitrogens with zero attached hydrogens (tertiary/aromatic N) is 4. The highest BCUT2D eigenvalue weighted by Crippen LogP contribution is 2.24. The molecule has 0 aliphatic heterocycles. The number of sulfonamides is 1. The summed E-state index contributed by atoms with van der Waals surface area (Å²) in [5.74, 6) is 0. The fourth-order valence-electron chi connectivity index (χ4n) is 3.05. The molecule has 26 heavy (non-hydrogen) atoms. The summed E-state index contributed by atoms with van der Waals surface area (Å²) in [7, 11) is -1.93. The lowest BCUT2D eigenvalue weighted by atomic mass is 10.2. The fourth-order valence-corrected chi connectivity index (χ4v) is 4.67. The number of nitrogens with one attached hydrogen (secondary N) is 1. The van der Waals surface area contributed by atoms with Crippen molar-refractivity contribution in [3.05, 3.63) is 59.7 Å². The molecule has 7 nitrogen and oxygen atoms in total. The van der Waals surface area contributed by atoms with E-state index in [1.54, 1.807) is 28.7 Å². The number of rotatable bonds is 7. The summed E-state index contributed by atoms with van der Waals surface area (Å²) in [5.41, 5.74) is 2.79. The summed E-state index contributed by atoms with van der Waals surface area (Å²) in [5, 5.41) is 8.54. The van der Waals surface area contributed by atoms with Crippen molar-refractivity contribution < 1.29 is 8.42 Å². The highest BCUT2D eigenvalue weighted by molar-refractivity contribution is 7.92. The van der Waals surface area contributed by atoms with Crippen LogP contribution in [0.4, 0.5) is 5.69 Å². The van der Waals surface area contributed by atoms with Crippen molar-refractivity contribution in [3.8, 4) is 0 Å². The number of hydrogen-bond acceptors (Lipinski definition) is 4. The van der Waals surface area contributed by atoms with Crippen LogP contribution in [-0.2, 0) is 36.5 Å². The lowest BCUT2D eigenvalue weighted by Crippen LogP contribution is -2.16. The van der Waals surface area contributed by atoms with Gasteiger partial charge in [0.05, 0.1) is 17.9 Å². The van der Waals surface area contributed by atoms with Gasteiger partial charge in [-0.3, -0.25) is 14.1 Å². The molecule has 0 aliphatic rings. The van der Waals surface area contributed by atoms with Gasteiger partial charge in [-0.25, -0.2) is 8.42 Å². The maximum atomic E-state index is 13.0. The molecule has 1 N–H and O–H groups in total. The number of hydrogen-bond donors (Lipinski definition) is 1. The first-order chi connectivity index (χ1) is 12.4. The molecule has 0 saturated heterocycles. The standard InChI is InChI=1S/C18H23N5O2S/c1-4-16-18(17(5-2)22(3)20-16)26(24,25)21-15-9-6-8-14(12-15)13-23-11-7-10-19-23/h6-12,21H,4-5,13H2,1-3H3. The smallest absolute Gasteiger partial charge is 0.265 e. The van der Waals surface area contributed by atoms with E-state index in [-0.39, 0.29) is 0 Å². The fraction of sp³-hybridized carbons (Fsp3) is 0.333. The Morgan fingerprint density at radius 2 is 1.96 bits per heavy atom. The first-order valence-corrected chi connectivity index (χ1v) is 10.1. The molecule has 0 bridgehead atoms. The van der Waals surface area contributed by atoms with Crippen molar-refractivity contribution in [1.82, 2.24) is 19.6 Å². The second-order valence-corrected chi connectivity index (χ2v) is 7.68. The van der Waals surface area contributed by atoms with E-state index in [4.69, 9.17) is 0 Å². The molecular formula is C18H23N5O2S. The maximum Gasteiger partial charge on any atom is 0.265 e. The van der Waals surface area contributed by atoms with Crippen LogP contribution >= 0.6 is 0 Å². The van der Waals surface area contributed by atoms with Crippen LogP contribution in [0.5, 0.6) is 0 Å². The number of aromatic nitrogens is 4. The van der Waals surface area contributed by atoms with Crippen molar-refractivity contribution in [2.45, 2.75) is 38.1 Å². The minimum Gasteiger partial charge on any atom is -0.280 e. The molecule has 0 saturated carbocycles. The van der Waals surface area contributed by atoms with Crippen molar-refractivity contribution in [2.75, 3.05) is 4.72 Å². The normalized spacial score (nSPS) is 11.7.